The van der Waals surface area contributed by atoms with Gasteiger partial charge in [0, 0.05) is 18.9 Å². The molecule has 0 spiro atoms. The van der Waals surface area contributed by atoms with Crippen molar-refractivity contribution in [3.8, 4) is 0 Å². The predicted molar refractivity (Wildman–Crippen MR) is 145 cm³/mol. The minimum absolute atomic E-state index is 0.00799. The largest absolute Gasteiger partial charge is 0.461 e. The van der Waals surface area contributed by atoms with Crippen LogP contribution in [0, 0.1) is 5.41 Å². The number of hydrogen-bond acceptors (Lipinski definition) is 7. The molecule has 9 nitrogen and oxygen atoms in total. The fourth-order valence-corrected chi connectivity index (χ4v) is 3.43. The molecular formula is C29H46N2O7. The van der Waals surface area contributed by atoms with Crippen LogP contribution in [0.25, 0.3) is 0 Å². The number of urea groups is 1. The SMILES string of the molecule is CC(C)(C)OC(=O)CC[C@H](NC(=O)N[C@H](CCC(=O)OCc1ccccc1)C(=O)OC(C)(C)C)C(C)(C)C. The summed E-state index contributed by atoms with van der Waals surface area (Å²) in [6, 6.07) is 7.21. The Morgan fingerprint density at radius 2 is 1.29 bits per heavy atom. The second-order valence-electron chi connectivity index (χ2n) is 12.4. The Hall–Kier alpha value is -3.10. The topological polar surface area (TPSA) is 120 Å². The summed E-state index contributed by atoms with van der Waals surface area (Å²) in [6.45, 7) is 16.5. The first-order valence-electron chi connectivity index (χ1n) is 13.1. The van der Waals surface area contributed by atoms with Gasteiger partial charge in [0.25, 0.3) is 0 Å². The number of hydrogen-bond donors (Lipinski definition) is 2. The van der Waals surface area contributed by atoms with Gasteiger partial charge in [-0.2, -0.15) is 0 Å². The molecule has 0 radical (unpaired) electrons. The summed E-state index contributed by atoms with van der Waals surface area (Å²) in [5, 5.41) is 5.52. The standard InChI is InChI=1S/C29H46N2O7/c1-27(2,3)22(16-18-24(33)37-28(4,5)6)31-26(35)30-21(25(34)38-29(7,8)9)15-17-23(32)36-19-20-13-11-10-12-14-20/h10-14,21-22H,15-19H2,1-9H3,(H2,30,31,35)/t21-,22+/m1/s1. The minimum atomic E-state index is -1.06. The van der Waals surface area contributed by atoms with Crippen molar-refractivity contribution in [2.24, 2.45) is 5.41 Å². The van der Waals surface area contributed by atoms with Crippen molar-refractivity contribution in [3.63, 3.8) is 0 Å². The summed E-state index contributed by atoms with van der Waals surface area (Å²) >= 11 is 0. The molecule has 0 aliphatic heterocycles. The van der Waals surface area contributed by atoms with E-state index in [0.29, 0.717) is 6.42 Å². The first kappa shape index (κ1) is 32.9. The van der Waals surface area contributed by atoms with E-state index in [2.05, 4.69) is 10.6 Å². The van der Waals surface area contributed by atoms with Crippen LogP contribution in [0.4, 0.5) is 4.79 Å². The first-order valence-corrected chi connectivity index (χ1v) is 13.1. The molecule has 0 heterocycles. The van der Waals surface area contributed by atoms with Gasteiger partial charge in [-0.1, -0.05) is 51.1 Å². The summed E-state index contributed by atoms with van der Waals surface area (Å²) in [4.78, 5) is 50.3. The van der Waals surface area contributed by atoms with E-state index in [1.807, 2.05) is 51.1 Å². The quantitative estimate of drug-likeness (QED) is 0.301. The number of carbonyl (C=O) groups excluding carboxylic acids is 4. The summed E-state index contributed by atoms with van der Waals surface area (Å²) in [6.07, 6.45) is 0.406. The molecular weight excluding hydrogens is 488 g/mol. The molecule has 0 saturated carbocycles. The highest BCUT2D eigenvalue weighted by atomic mass is 16.6. The van der Waals surface area contributed by atoms with E-state index in [4.69, 9.17) is 14.2 Å². The van der Waals surface area contributed by atoms with E-state index in [0.717, 1.165) is 5.56 Å². The van der Waals surface area contributed by atoms with Crippen LogP contribution in [0.1, 0.15) is 93.6 Å². The summed E-state index contributed by atoms with van der Waals surface area (Å²) < 4.78 is 16.1. The Labute approximate surface area is 227 Å². The van der Waals surface area contributed by atoms with Crippen molar-refractivity contribution in [3.05, 3.63) is 35.9 Å². The number of nitrogens with one attached hydrogen (secondary N) is 2. The van der Waals surface area contributed by atoms with E-state index in [9.17, 15) is 19.2 Å². The van der Waals surface area contributed by atoms with Crippen LogP contribution in [0.15, 0.2) is 30.3 Å². The smallest absolute Gasteiger partial charge is 0.329 e. The van der Waals surface area contributed by atoms with Crippen LogP contribution in [-0.4, -0.2) is 47.2 Å². The zero-order valence-electron chi connectivity index (χ0n) is 24.4. The number of amides is 2. The van der Waals surface area contributed by atoms with Gasteiger partial charge >= 0.3 is 23.9 Å². The number of esters is 3. The second-order valence-corrected chi connectivity index (χ2v) is 12.4. The van der Waals surface area contributed by atoms with Crippen LogP contribution < -0.4 is 10.6 Å². The Kier molecular flexibility index (Phi) is 12.3. The van der Waals surface area contributed by atoms with Gasteiger partial charge in [-0.15, -0.1) is 0 Å². The third-order valence-corrected chi connectivity index (χ3v) is 5.28. The highest BCUT2D eigenvalue weighted by Crippen LogP contribution is 2.24. The van der Waals surface area contributed by atoms with Gasteiger partial charge in [0.15, 0.2) is 0 Å². The second kappa shape index (κ2) is 14.2. The van der Waals surface area contributed by atoms with Gasteiger partial charge in [0.05, 0.1) is 0 Å². The van der Waals surface area contributed by atoms with E-state index >= 15 is 0 Å². The van der Waals surface area contributed by atoms with Crippen molar-refractivity contribution >= 4 is 23.9 Å². The monoisotopic (exact) mass is 534 g/mol. The zero-order chi connectivity index (χ0) is 29.1. The lowest BCUT2D eigenvalue weighted by Crippen LogP contribution is -2.53. The zero-order valence-corrected chi connectivity index (χ0v) is 24.4. The Bertz CT molecular complexity index is 925. The molecule has 0 aliphatic rings. The van der Waals surface area contributed by atoms with Gasteiger partial charge in [-0.25, -0.2) is 9.59 Å². The van der Waals surface area contributed by atoms with Crippen LogP contribution in [0.3, 0.4) is 0 Å². The molecule has 9 heteroatoms. The molecule has 1 aromatic rings. The van der Waals surface area contributed by atoms with Gasteiger partial charge in [0.1, 0.15) is 23.9 Å². The van der Waals surface area contributed by atoms with Crippen molar-refractivity contribution in [2.45, 2.75) is 118 Å². The molecule has 0 unspecified atom stereocenters. The highest BCUT2D eigenvalue weighted by molar-refractivity contribution is 5.84. The van der Waals surface area contributed by atoms with E-state index in [1.54, 1.807) is 41.5 Å². The van der Waals surface area contributed by atoms with E-state index in [1.165, 1.54) is 0 Å². The van der Waals surface area contributed by atoms with Crippen molar-refractivity contribution in [2.75, 3.05) is 0 Å². The summed E-state index contributed by atoms with van der Waals surface area (Å²) in [7, 11) is 0. The van der Waals surface area contributed by atoms with E-state index in [-0.39, 0.29) is 43.3 Å². The Balaban J connectivity index is 2.81. The molecule has 0 bridgehead atoms. The van der Waals surface area contributed by atoms with Gasteiger partial charge in [-0.3, -0.25) is 9.59 Å². The molecule has 0 fully saturated rings. The Morgan fingerprint density at radius 3 is 1.82 bits per heavy atom. The molecule has 214 valence electrons. The minimum Gasteiger partial charge on any atom is -0.461 e. The maximum Gasteiger partial charge on any atom is 0.329 e. The maximum atomic E-state index is 12.9. The normalized spacial score (nSPS) is 13.6. The summed E-state index contributed by atoms with van der Waals surface area (Å²) in [5.41, 5.74) is -0.895. The lowest BCUT2D eigenvalue weighted by atomic mass is 9.84. The van der Waals surface area contributed by atoms with Crippen molar-refractivity contribution in [1.29, 1.82) is 0 Å². The Morgan fingerprint density at radius 1 is 0.737 bits per heavy atom. The number of rotatable bonds is 11. The molecule has 2 amide bonds. The highest BCUT2D eigenvalue weighted by Gasteiger charge is 2.31. The average molecular weight is 535 g/mol. The van der Waals surface area contributed by atoms with Crippen LogP contribution in [-0.2, 0) is 35.2 Å². The van der Waals surface area contributed by atoms with Gasteiger partial charge in [0.2, 0.25) is 0 Å². The van der Waals surface area contributed by atoms with Crippen LogP contribution in [0.2, 0.25) is 0 Å². The van der Waals surface area contributed by atoms with Gasteiger partial charge < -0.3 is 24.8 Å². The summed E-state index contributed by atoms with van der Waals surface area (Å²) in [5.74, 6) is -1.49. The molecule has 2 atom stereocenters. The van der Waals surface area contributed by atoms with E-state index < -0.39 is 35.2 Å². The lowest BCUT2D eigenvalue weighted by molar-refractivity contribution is -0.158. The van der Waals surface area contributed by atoms with Crippen molar-refractivity contribution in [1.82, 2.24) is 10.6 Å². The predicted octanol–water partition coefficient (Wildman–Crippen LogP) is 5.06. The fourth-order valence-electron chi connectivity index (χ4n) is 3.43. The van der Waals surface area contributed by atoms with Crippen molar-refractivity contribution < 1.29 is 33.4 Å². The molecule has 2 N–H and O–H groups in total. The third kappa shape index (κ3) is 14.6. The number of benzene rings is 1. The molecule has 0 aromatic heterocycles. The molecule has 1 aromatic carbocycles. The molecule has 1 rings (SSSR count). The lowest BCUT2D eigenvalue weighted by Gasteiger charge is -2.32. The fraction of sp³-hybridized carbons (Fsp3) is 0.655. The van der Waals surface area contributed by atoms with Crippen LogP contribution in [0.5, 0.6) is 0 Å². The van der Waals surface area contributed by atoms with Crippen LogP contribution >= 0.6 is 0 Å². The number of carbonyl (C=O) groups is 4. The van der Waals surface area contributed by atoms with Gasteiger partial charge in [-0.05, 0) is 65.4 Å². The molecule has 0 aliphatic carbocycles. The number of ether oxygens (including phenoxy) is 3. The molecule has 38 heavy (non-hydrogen) atoms. The first-order chi connectivity index (χ1) is 17.4. The average Bonchev–Trinajstić information content (AvgIpc) is 2.75. The maximum absolute atomic E-state index is 12.9. The molecule has 0 saturated heterocycles. The third-order valence-electron chi connectivity index (χ3n) is 5.28.